The molecule has 19 heteroatoms. The minimum absolute atomic E-state index is 0. The number of nitrogens with one attached hydrogen (secondary N) is 1. The van der Waals surface area contributed by atoms with E-state index >= 15 is 0 Å². The van der Waals surface area contributed by atoms with Crippen molar-refractivity contribution in [2.75, 3.05) is 57.4 Å². The van der Waals surface area contributed by atoms with Crippen molar-refractivity contribution in [3.8, 4) is 22.3 Å². The monoisotopic (exact) mass is 965 g/mol. The van der Waals surface area contributed by atoms with E-state index < -0.39 is 10.8 Å². The topological polar surface area (TPSA) is 275 Å². The van der Waals surface area contributed by atoms with Gasteiger partial charge in [0.15, 0.2) is 0 Å². The van der Waals surface area contributed by atoms with E-state index in [4.69, 9.17) is 27.7 Å². The van der Waals surface area contributed by atoms with Crippen LogP contribution in [0.25, 0.3) is 22.3 Å². The van der Waals surface area contributed by atoms with Crippen molar-refractivity contribution in [2.45, 2.75) is 96.1 Å². The Morgan fingerprint density at radius 2 is 1.10 bits per heavy atom. The van der Waals surface area contributed by atoms with Crippen molar-refractivity contribution < 1.29 is 14.3 Å². The summed E-state index contributed by atoms with van der Waals surface area (Å²) in [6.45, 7) is 10.9. The van der Waals surface area contributed by atoms with Crippen molar-refractivity contribution in [1.82, 2.24) is 49.7 Å². The Labute approximate surface area is 415 Å². The number of hydrogen-bond donors (Lipinski definition) is 5. The van der Waals surface area contributed by atoms with Crippen LogP contribution in [0.2, 0.25) is 0 Å². The largest absolute Gasteiger partial charge is 0.386 e. The molecule has 2 saturated heterocycles. The van der Waals surface area contributed by atoms with Gasteiger partial charge in [-0.05, 0) is 73.9 Å². The lowest BCUT2D eigenvalue weighted by atomic mass is 9.63. The molecule has 0 unspecified atom stereocenters. The number of carbonyl (C=O) groups is 2. The van der Waals surface area contributed by atoms with Crippen LogP contribution in [0.3, 0.4) is 0 Å². The van der Waals surface area contributed by atoms with Crippen LogP contribution in [0.15, 0.2) is 108 Å². The summed E-state index contributed by atoms with van der Waals surface area (Å²) in [7, 11) is 0. The Kier molecular flexibility index (Phi) is 17.2. The van der Waals surface area contributed by atoms with Gasteiger partial charge < -0.3 is 33.0 Å². The van der Waals surface area contributed by atoms with Crippen molar-refractivity contribution >= 4 is 35.4 Å². The Hall–Kier alpha value is -7.22. The summed E-state index contributed by atoms with van der Waals surface area (Å²) in [6, 6.07) is 16.6. The molecule has 9 N–H and O–H groups in total. The van der Waals surface area contributed by atoms with Gasteiger partial charge in [-0.1, -0.05) is 82.6 Å². The molecule has 6 heterocycles. The lowest BCUT2D eigenvalue weighted by Gasteiger charge is -2.41. The lowest BCUT2D eigenvalue weighted by molar-refractivity contribution is 0.0359. The van der Waals surface area contributed by atoms with Gasteiger partial charge in [0.25, 0.3) is 11.8 Å². The minimum atomic E-state index is -0.419. The highest BCUT2D eigenvalue weighted by molar-refractivity contribution is 6.07. The first-order valence-corrected chi connectivity index (χ1v) is 24.3. The van der Waals surface area contributed by atoms with E-state index in [9.17, 15) is 9.59 Å². The zero-order valence-electron chi connectivity index (χ0n) is 40.1. The van der Waals surface area contributed by atoms with Crippen LogP contribution in [0.4, 0.5) is 11.9 Å². The number of morpholine rings is 1. The molecular weight excluding hydrogens is 897 g/mol. The first kappa shape index (κ1) is 51.6. The molecule has 71 heavy (non-hydrogen) atoms. The van der Waals surface area contributed by atoms with Crippen LogP contribution in [-0.4, -0.2) is 114 Å². The minimum Gasteiger partial charge on any atom is -0.386 e. The smallest absolute Gasteiger partial charge is 0.281 e. The molecule has 374 valence electrons. The summed E-state index contributed by atoms with van der Waals surface area (Å²) in [4.78, 5) is 53.0. The van der Waals surface area contributed by atoms with Crippen LogP contribution in [-0.2, 0) is 22.1 Å². The third-order valence-electron chi connectivity index (χ3n) is 13.9. The molecule has 2 saturated carbocycles. The highest BCUT2D eigenvalue weighted by Gasteiger charge is 2.44. The van der Waals surface area contributed by atoms with Crippen LogP contribution in [0, 0.1) is 0 Å². The molecule has 0 spiro atoms. The Morgan fingerprint density at radius 3 is 1.55 bits per heavy atom. The Balaban J connectivity index is 0.000000199. The molecule has 0 atom stereocenters. The molecule has 0 radical (unpaired) electrons. The number of amides is 2. The predicted octanol–water partition coefficient (Wildman–Crippen LogP) is 6.00. The number of nitrogens with zero attached hydrogens (tertiary/aromatic N) is 11. The fourth-order valence-corrected chi connectivity index (χ4v) is 9.33. The van der Waals surface area contributed by atoms with Crippen molar-refractivity contribution in [3.63, 3.8) is 0 Å². The summed E-state index contributed by atoms with van der Waals surface area (Å²) >= 11 is 0. The van der Waals surface area contributed by atoms with E-state index in [1.807, 2.05) is 67.1 Å². The van der Waals surface area contributed by atoms with Gasteiger partial charge in [0, 0.05) is 67.9 Å². The molecule has 2 aliphatic carbocycles. The fraction of sp³-hybridized carbons (Fsp3) is 0.423. The van der Waals surface area contributed by atoms with Gasteiger partial charge in [-0.2, -0.15) is 20.2 Å². The van der Waals surface area contributed by atoms with Crippen LogP contribution >= 0.6 is 0 Å². The van der Waals surface area contributed by atoms with Gasteiger partial charge in [0.2, 0.25) is 11.9 Å². The molecule has 2 aromatic carbocycles. The highest BCUT2D eigenvalue weighted by Crippen LogP contribution is 2.45. The summed E-state index contributed by atoms with van der Waals surface area (Å²) < 4.78 is 9.06. The van der Waals surface area contributed by atoms with E-state index in [-0.39, 0.29) is 31.1 Å². The van der Waals surface area contributed by atoms with Crippen LogP contribution in [0.5, 0.6) is 0 Å². The third-order valence-corrected chi connectivity index (χ3v) is 13.9. The number of nitrogen functional groups attached to an aromatic ring is 2. The van der Waals surface area contributed by atoms with Gasteiger partial charge in [-0.15, -0.1) is 0 Å². The van der Waals surface area contributed by atoms with Gasteiger partial charge in [0.05, 0.1) is 60.2 Å². The highest BCUT2D eigenvalue weighted by atomic mass is 16.5. The number of rotatable bonds is 12. The molecular formula is C52H68N16O3. The molecule has 19 nitrogen and oxygen atoms in total. The zero-order valence-corrected chi connectivity index (χ0v) is 40.1. The molecule has 10 rings (SSSR count). The number of aliphatic imine (C=N–C) groups is 2. The van der Waals surface area contributed by atoms with E-state index in [1.54, 1.807) is 54.3 Å². The average molecular weight is 965 g/mol. The number of nitrogens with two attached hydrogens (primary N) is 4. The number of aromatic nitrogens is 8. The molecule has 2 amide bonds. The summed E-state index contributed by atoms with van der Waals surface area (Å²) in [5.74, 6) is 0.529. The number of hydrogen-bond acceptors (Lipinski definition) is 13. The van der Waals surface area contributed by atoms with E-state index in [1.165, 1.54) is 0 Å². The molecule has 0 bridgehead atoms. The maximum Gasteiger partial charge on any atom is 0.281 e. The van der Waals surface area contributed by atoms with E-state index in [2.05, 4.69) is 50.3 Å². The molecule has 4 aliphatic rings. The van der Waals surface area contributed by atoms with Crippen molar-refractivity contribution in [1.29, 1.82) is 0 Å². The van der Waals surface area contributed by atoms with E-state index in [0.29, 0.717) is 35.4 Å². The van der Waals surface area contributed by atoms with Crippen molar-refractivity contribution in [2.24, 2.45) is 21.5 Å². The zero-order chi connectivity index (χ0) is 49.1. The SMILES string of the molecule is C.CC.NC(=NC(=O)c1cnn(C2CCNCC2)c1)C1(c2ccc(-c3cnc(N)nc3)cc2)CCC1.NC(=NC(=O)c1cnn(CCN2CCOCC2)c1)C1(c2ccc(-c3cnc(N)nc3)cc2)CCC1. The first-order chi connectivity index (χ1) is 34.1. The summed E-state index contributed by atoms with van der Waals surface area (Å²) in [5.41, 5.74) is 30.1. The summed E-state index contributed by atoms with van der Waals surface area (Å²) in [6.07, 6.45) is 21.1. The van der Waals surface area contributed by atoms with E-state index in [0.717, 1.165) is 131 Å². The average Bonchev–Trinajstić information content (AvgIpc) is 4.07. The number of carbonyl (C=O) groups excluding carboxylic acids is 2. The van der Waals surface area contributed by atoms with Gasteiger partial charge in [-0.3, -0.25) is 23.9 Å². The van der Waals surface area contributed by atoms with Gasteiger partial charge in [0.1, 0.15) is 11.7 Å². The number of anilines is 2. The Bertz CT molecular complexity index is 2730. The van der Waals surface area contributed by atoms with Gasteiger partial charge >= 0.3 is 0 Å². The molecule has 4 aromatic heterocycles. The summed E-state index contributed by atoms with van der Waals surface area (Å²) in [5, 5.41) is 12.1. The Morgan fingerprint density at radius 1 is 0.648 bits per heavy atom. The number of piperidine rings is 1. The maximum absolute atomic E-state index is 12.9. The third kappa shape index (κ3) is 11.9. The normalized spacial score (nSPS) is 17.7. The van der Waals surface area contributed by atoms with Crippen LogP contribution < -0.4 is 28.3 Å². The maximum atomic E-state index is 12.9. The van der Waals surface area contributed by atoms with Crippen LogP contribution in [0.1, 0.15) is 111 Å². The second-order valence-corrected chi connectivity index (χ2v) is 17.9. The molecule has 6 aromatic rings. The molecule has 2 aliphatic heterocycles. The quantitative estimate of drug-likeness (QED) is 0.0695. The number of amidine groups is 2. The lowest BCUT2D eigenvalue weighted by Crippen LogP contribution is -2.47. The first-order valence-electron chi connectivity index (χ1n) is 24.3. The second-order valence-electron chi connectivity index (χ2n) is 17.9. The predicted molar refractivity (Wildman–Crippen MR) is 278 cm³/mol. The number of ether oxygens (including phenoxy) is 1. The van der Waals surface area contributed by atoms with Crippen molar-refractivity contribution in [3.05, 3.63) is 120 Å². The standard InChI is InChI=1S/C25H30N8O2.C24H28N8O.C2H6.CH4/c26-23(31-22(34)20-16-30-33(17-20)9-8-32-10-12-35-13-11-32)25(6-1-7-25)21-4-2-18(3-5-21)19-14-28-24(27)29-15-19;25-22(31-21(33)18-14-30-32(15-18)20-6-10-27-11-7-20)24(8-1-9-24)19-4-2-16(3-5-19)17-12-28-23(26)29-13-17;1-2;/h2-5,14-17H,1,6-13H2,(H2,26,31,34)(H2,27,28,29);2-5,12-15,20,27H,1,6-11H2,(H2,25,31,33)(H2,26,28,29);1-2H3;1H4. The molecule has 4 fully saturated rings. The second kappa shape index (κ2) is 23.6. The van der Waals surface area contributed by atoms with Gasteiger partial charge in [-0.25, -0.2) is 19.9 Å². The fourth-order valence-electron chi connectivity index (χ4n) is 9.33. The number of benzene rings is 2.